The number of aryl methyl sites for hydroxylation is 2. The second-order valence-electron chi connectivity index (χ2n) is 5.71. The molecule has 1 aliphatic rings. The van der Waals surface area contributed by atoms with Crippen molar-refractivity contribution in [2.24, 2.45) is 4.99 Å². The van der Waals surface area contributed by atoms with Crippen LogP contribution >= 0.6 is 23.1 Å². The molecule has 6 heteroatoms. The minimum absolute atomic E-state index is 0.849. The van der Waals surface area contributed by atoms with Crippen molar-refractivity contribution >= 4 is 29.1 Å². The molecule has 0 spiro atoms. The fraction of sp³-hybridized carbons (Fsp3) is 0.750. The SMILES string of the molecule is CN=C(NCCCCSC)N(C)Cc1nc2c(s1)CCCC2. The second-order valence-corrected chi connectivity index (χ2v) is 7.87. The molecule has 22 heavy (non-hydrogen) atoms. The van der Waals surface area contributed by atoms with E-state index in [1.165, 1.54) is 53.4 Å². The lowest BCUT2D eigenvalue weighted by Gasteiger charge is -2.21. The summed E-state index contributed by atoms with van der Waals surface area (Å²) in [5.74, 6) is 2.21. The van der Waals surface area contributed by atoms with Crippen LogP contribution in [0.1, 0.15) is 41.3 Å². The van der Waals surface area contributed by atoms with Crippen molar-refractivity contribution in [2.45, 2.75) is 45.1 Å². The third kappa shape index (κ3) is 5.16. The molecule has 0 fully saturated rings. The predicted molar refractivity (Wildman–Crippen MR) is 99.2 cm³/mol. The number of nitrogens with zero attached hydrogens (tertiary/aromatic N) is 3. The first-order valence-corrected chi connectivity index (χ1v) is 10.3. The molecule has 0 bridgehead atoms. The number of thiazole rings is 1. The number of nitrogens with one attached hydrogen (secondary N) is 1. The third-order valence-corrected chi connectivity index (χ3v) is 5.73. The lowest BCUT2D eigenvalue weighted by molar-refractivity contribution is 0.473. The average Bonchev–Trinajstić information content (AvgIpc) is 2.92. The van der Waals surface area contributed by atoms with E-state index in [0.29, 0.717) is 0 Å². The van der Waals surface area contributed by atoms with Gasteiger partial charge in [0.05, 0.1) is 12.2 Å². The highest BCUT2D eigenvalue weighted by molar-refractivity contribution is 7.98. The van der Waals surface area contributed by atoms with E-state index in [0.717, 1.165) is 25.5 Å². The Kier molecular flexibility index (Phi) is 7.52. The lowest BCUT2D eigenvalue weighted by atomic mass is 10.0. The van der Waals surface area contributed by atoms with Crippen LogP contribution in [-0.4, -0.2) is 48.5 Å². The highest BCUT2D eigenvalue weighted by Gasteiger charge is 2.16. The van der Waals surface area contributed by atoms with E-state index in [4.69, 9.17) is 4.98 Å². The first kappa shape index (κ1) is 17.6. The van der Waals surface area contributed by atoms with Gasteiger partial charge in [0.15, 0.2) is 5.96 Å². The van der Waals surface area contributed by atoms with Crippen LogP contribution in [0.2, 0.25) is 0 Å². The Bertz CT molecular complexity index is 461. The van der Waals surface area contributed by atoms with Gasteiger partial charge in [-0.3, -0.25) is 4.99 Å². The molecular weight excluding hydrogens is 312 g/mol. The average molecular weight is 341 g/mol. The minimum atomic E-state index is 0.849. The maximum Gasteiger partial charge on any atom is 0.193 e. The number of hydrogen-bond acceptors (Lipinski definition) is 4. The fourth-order valence-corrected chi connectivity index (χ4v) is 4.41. The van der Waals surface area contributed by atoms with E-state index in [9.17, 15) is 0 Å². The summed E-state index contributed by atoms with van der Waals surface area (Å²) in [5.41, 5.74) is 1.35. The van der Waals surface area contributed by atoms with Gasteiger partial charge in [-0.05, 0) is 50.5 Å². The van der Waals surface area contributed by atoms with Gasteiger partial charge in [0.2, 0.25) is 0 Å². The minimum Gasteiger partial charge on any atom is -0.356 e. The number of guanidine groups is 1. The summed E-state index contributed by atoms with van der Waals surface area (Å²) >= 11 is 3.80. The van der Waals surface area contributed by atoms with E-state index in [1.807, 2.05) is 30.1 Å². The summed E-state index contributed by atoms with van der Waals surface area (Å²) in [6.45, 7) is 1.84. The molecule has 0 saturated carbocycles. The standard InChI is InChI=1S/C16H28N4S2/c1-17-16(18-10-6-7-11-21-3)20(2)12-15-19-13-8-4-5-9-14(13)22-15/h4-12H2,1-3H3,(H,17,18). The largest absolute Gasteiger partial charge is 0.356 e. The van der Waals surface area contributed by atoms with E-state index in [-0.39, 0.29) is 0 Å². The second kappa shape index (κ2) is 9.40. The first-order chi connectivity index (χ1) is 10.7. The molecule has 1 aromatic rings. The molecule has 124 valence electrons. The van der Waals surface area contributed by atoms with E-state index < -0.39 is 0 Å². The van der Waals surface area contributed by atoms with E-state index in [1.54, 1.807) is 0 Å². The number of aliphatic imine (C=N–C) groups is 1. The van der Waals surface area contributed by atoms with Crippen LogP contribution in [-0.2, 0) is 19.4 Å². The van der Waals surface area contributed by atoms with Crippen molar-refractivity contribution in [3.8, 4) is 0 Å². The Balaban J connectivity index is 1.81. The summed E-state index contributed by atoms with van der Waals surface area (Å²) in [6, 6.07) is 0. The zero-order valence-corrected chi connectivity index (χ0v) is 15.7. The van der Waals surface area contributed by atoms with Crippen molar-refractivity contribution in [3.05, 3.63) is 15.6 Å². The van der Waals surface area contributed by atoms with Gasteiger partial charge in [-0.2, -0.15) is 11.8 Å². The number of thioether (sulfide) groups is 1. The maximum atomic E-state index is 4.82. The van der Waals surface area contributed by atoms with Crippen molar-refractivity contribution in [2.75, 3.05) is 32.6 Å². The summed E-state index contributed by atoms with van der Waals surface area (Å²) in [4.78, 5) is 12.9. The predicted octanol–water partition coefficient (Wildman–Crippen LogP) is 3.17. The third-order valence-electron chi connectivity index (χ3n) is 3.89. The summed E-state index contributed by atoms with van der Waals surface area (Å²) in [6.07, 6.45) is 9.62. The van der Waals surface area contributed by atoms with Gasteiger partial charge in [0.25, 0.3) is 0 Å². The Morgan fingerprint density at radius 3 is 2.91 bits per heavy atom. The van der Waals surface area contributed by atoms with Crippen LogP contribution in [0.15, 0.2) is 4.99 Å². The van der Waals surface area contributed by atoms with Crippen LogP contribution in [0.4, 0.5) is 0 Å². The van der Waals surface area contributed by atoms with E-state index in [2.05, 4.69) is 28.5 Å². The number of aromatic nitrogens is 1. The molecule has 0 atom stereocenters. The molecule has 1 N–H and O–H groups in total. The number of unbranched alkanes of at least 4 members (excludes halogenated alkanes) is 1. The van der Waals surface area contributed by atoms with Gasteiger partial charge >= 0.3 is 0 Å². The molecule has 0 aromatic carbocycles. The lowest BCUT2D eigenvalue weighted by Crippen LogP contribution is -2.38. The van der Waals surface area contributed by atoms with Crippen molar-refractivity contribution in [1.29, 1.82) is 0 Å². The topological polar surface area (TPSA) is 40.5 Å². The zero-order chi connectivity index (χ0) is 15.8. The Morgan fingerprint density at radius 2 is 2.18 bits per heavy atom. The van der Waals surface area contributed by atoms with Crippen LogP contribution < -0.4 is 5.32 Å². The molecule has 0 unspecified atom stereocenters. The molecule has 4 nitrogen and oxygen atoms in total. The number of hydrogen-bond donors (Lipinski definition) is 1. The van der Waals surface area contributed by atoms with Gasteiger partial charge in [-0.1, -0.05) is 0 Å². The summed E-state index contributed by atoms with van der Waals surface area (Å²) in [7, 11) is 3.95. The zero-order valence-electron chi connectivity index (χ0n) is 14.0. The number of rotatable bonds is 7. The quantitative estimate of drug-likeness (QED) is 0.470. The van der Waals surface area contributed by atoms with Crippen LogP contribution in [0.25, 0.3) is 0 Å². The molecule has 0 amide bonds. The van der Waals surface area contributed by atoms with Crippen molar-refractivity contribution in [3.63, 3.8) is 0 Å². The Hall–Kier alpha value is -0.750. The van der Waals surface area contributed by atoms with Gasteiger partial charge in [0, 0.05) is 25.5 Å². The molecule has 1 heterocycles. The Morgan fingerprint density at radius 1 is 1.36 bits per heavy atom. The fourth-order valence-electron chi connectivity index (χ4n) is 2.71. The smallest absolute Gasteiger partial charge is 0.193 e. The monoisotopic (exact) mass is 340 g/mol. The molecular formula is C16H28N4S2. The van der Waals surface area contributed by atoms with Gasteiger partial charge in [-0.25, -0.2) is 4.98 Å². The van der Waals surface area contributed by atoms with Crippen molar-refractivity contribution < 1.29 is 0 Å². The normalized spacial score (nSPS) is 14.8. The molecule has 1 aliphatic carbocycles. The van der Waals surface area contributed by atoms with Crippen LogP contribution in [0.3, 0.4) is 0 Å². The van der Waals surface area contributed by atoms with E-state index >= 15 is 0 Å². The van der Waals surface area contributed by atoms with Crippen molar-refractivity contribution in [1.82, 2.24) is 15.2 Å². The maximum absolute atomic E-state index is 4.82. The first-order valence-electron chi connectivity index (χ1n) is 8.12. The molecule has 0 aliphatic heterocycles. The molecule has 2 rings (SSSR count). The van der Waals surface area contributed by atoms with Gasteiger partial charge < -0.3 is 10.2 Å². The highest BCUT2D eigenvalue weighted by Crippen LogP contribution is 2.27. The van der Waals surface area contributed by atoms with Gasteiger partial charge in [-0.15, -0.1) is 11.3 Å². The number of fused-ring (bicyclic) bond motifs is 1. The molecule has 0 saturated heterocycles. The van der Waals surface area contributed by atoms with Crippen LogP contribution in [0.5, 0.6) is 0 Å². The highest BCUT2D eigenvalue weighted by atomic mass is 32.2. The molecule has 1 aromatic heterocycles. The van der Waals surface area contributed by atoms with Gasteiger partial charge in [0.1, 0.15) is 5.01 Å². The summed E-state index contributed by atoms with van der Waals surface area (Å²) < 4.78 is 0. The molecule has 0 radical (unpaired) electrons. The summed E-state index contributed by atoms with van der Waals surface area (Å²) in [5, 5.41) is 4.68. The van der Waals surface area contributed by atoms with Crippen LogP contribution in [0, 0.1) is 0 Å². The Labute approximate surface area is 142 Å².